The molecular weight excluding hydrogens is 304 g/mol. The van der Waals surface area contributed by atoms with Gasteiger partial charge in [0.1, 0.15) is 0 Å². The first kappa shape index (κ1) is 14.5. The Labute approximate surface area is 139 Å². The molecule has 0 unspecified atom stereocenters. The molecule has 0 bridgehead atoms. The van der Waals surface area contributed by atoms with Crippen LogP contribution in [0.15, 0.2) is 42.6 Å². The zero-order valence-corrected chi connectivity index (χ0v) is 13.4. The van der Waals surface area contributed by atoms with Crippen molar-refractivity contribution in [3.05, 3.63) is 53.9 Å². The van der Waals surface area contributed by atoms with Crippen LogP contribution in [0.4, 0.5) is 10.6 Å². The summed E-state index contributed by atoms with van der Waals surface area (Å²) in [6, 6.07) is 11.7. The molecule has 7 nitrogen and oxygen atoms in total. The van der Waals surface area contributed by atoms with Gasteiger partial charge in [0.25, 0.3) is 0 Å². The smallest absolute Gasteiger partial charge is 0.320 e. The van der Waals surface area contributed by atoms with Gasteiger partial charge in [0, 0.05) is 49.1 Å². The number of H-pyrrole nitrogens is 1. The van der Waals surface area contributed by atoms with Crippen molar-refractivity contribution < 1.29 is 4.79 Å². The number of aryl methyl sites for hydroxylation is 1. The summed E-state index contributed by atoms with van der Waals surface area (Å²) in [5.74, 6) is 0.559. The van der Waals surface area contributed by atoms with Crippen LogP contribution in [0, 0.1) is 0 Å². The molecule has 3 aromatic rings. The maximum Gasteiger partial charge on any atom is 0.323 e. The first-order valence-corrected chi connectivity index (χ1v) is 7.88. The fraction of sp³-hybridized carbons (Fsp3) is 0.235. The molecule has 0 saturated carbocycles. The zero-order valence-electron chi connectivity index (χ0n) is 13.4. The SMILES string of the molecule is Cn1ccc(NC(=O)N2CCc3[nH]nc(-c4ccccc4)c3C2)n1. The van der Waals surface area contributed by atoms with Crippen LogP contribution in [-0.4, -0.2) is 37.5 Å². The molecule has 24 heavy (non-hydrogen) atoms. The van der Waals surface area contributed by atoms with Gasteiger partial charge in [-0.15, -0.1) is 0 Å². The van der Waals surface area contributed by atoms with Gasteiger partial charge in [0.2, 0.25) is 0 Å². The highest BCUT2D eigenvalue weighted by Crippen LogP contribution is 2.28. The minimum absolute atomic E-state index is 0.139. The van der Waals surface area contributed by atoms with E-state index in [1.54, 1.807) is 21.8 Å². The topological polar surface area (TPSA) is 78.8 Å². The highest BCUT2D eigenvalue weighted by Gasteiger charge is 2.25. The van der Waals surface area contributed by atoms with E-state index in [1.807, 2.05) is 37.4 Å². The van der Waals surface area contributed by atoms with Crippen molar-refractivity contribution in [2.24, 2.45) is 7.05 Å². The Morgan fingerprint density at radius 2 is 2.08 bits per heavy atom. The van der Waals surface area contributed by atoms with Crippen LogP contribution in [-0.2, 0) is 20.0 Å². The van der Waals surface area contributed by atoms with Gasteiger partial charge in [0.15, 0.2) is 5.82 Å². The number of rotatable bonds is 2. The summed E-state index contributed by atoms with van der Waals surface area (Å²) in [7, 11) is 1.82. The van der Waals surface area contributed by atoms with Gasteiger partial charge in [-0.05, 0) is 0 Å². The van der Waals surface area contributed by atoms with E-state index < -0.39 is 0 Å². The second kappa shape index (κ2) is 5.84. The Hall–Kier alpha value is -3.09. The maximum absolute atomic E-state index is 12.5. The number of carbonyl (C=O) groups is 1. The van der Waals surface area contributed by atoms with Gasteiger partial charge >= 0.3 is 6.03 Å². The Bertz CT molecular complexity index is 866. The van der Waals surface area contributed by atoms with Crippen molar-refractivity contribution in [2.75, 3.05) is 11.9 Å². The van der Waals surface area contributed by atoms with Crippen LogP contribution >= 0.6 is 0 Å². The molecule has 0 atom stereocenters. The first-order chi connectivity index (χ1) is 11.7. The van der Waals surface area contributed by atoms with Crippen molar-refractivity contribution in [3.63, 3.8) is 0 Å². The third-order valence-corrected chi connectivity index (χ3v) is 4.22. The molecule has 1 aromatic carbocycles. The summed E-state index contributed by atoms with van der Waals surface area (Å²) in [5, 5.41) is 14.6. The van der Waals surface area contributed by atoms with Gasteiger partial charge in [-0.25, -0.2) is 4.79 Å². The minimum atomic E-state index is -0.139. The van der Waals surface area contributed by atoms with E-state index in [0.717, 1.165) is 28.9 Å². The van der Waals surface area contributed by atoms with Crippen molar-refractivity contribution in [1.82, 2.24) is 24.9 Å². The summed E-state index contributed by atoms with van der Waals surface area (Å²) < 4.78 is 1.66. The fourth-order valence-electron chi connectivity index (χ4n) is 2.97. The monoisotopic (exact) mass is 322 g/mol. The molecule has 0 radical (unpaired) electrons. The third-order valence-electron chi connectivity index (χ3n) is 4.22. The number of amides is 2. The summed E-state index contributed by atoms with van der Waals surface area (Å²) in [6.07, 6.45) is 2.57. The molecule has 0 fully saturated rings. The van der Waals surface area contributed by atoms with Crippen molar-refractivity contribution in [1.29, 1.82) is 0 Å². The molecule has 2 aromatic heterocycles. The Morgan fingerprint density at radius 1 is 1.25 bits per heavy atom. The molecular formula is C17H18N6O. The summed E-state index contributed by atoms with van der Waals surface area (Å²) in [5.41, 5.74) is 4.17. The highest BCUT2D eigenvalue weighted by molar-refractivity contribution is 5.88. The molecule has 3 heterocycles. The molecule has 0 saturated heterocycles. The quantitative estimate of drug-likeness (QED) is 0.760. The fourth-order valence-corrected chi connectivity index (χ4v) is 2.97. The summed E-state index contributed by atoms with van der Waals surface area (Å²) in [6.45, 7) is 1.19. The second-order valence-electron chi connectivity index (χ2n) is 5.87. The molecule has 0 spiro atoms. The number of carbonyl (C=O) groups excluding carboxylic acids is 1. The maximum atomic E-state index is 12.5. The normalized spacial score (nSPS) is 13.6. The summed E-state index contributed by atoms with van der Waals surface area (Å²) in [4.78, 5) is 14.3. The number of anilines is 1. The average Bonchev–Trinajstić information content (AvgIpc) is 3.21. The number of benzene rings is 1. The van der Waals surface area contributed by atoms with Gasteiger partial charge in [-0.1, -0.05) is 30.3 Å². The Balaban J connectivity index is 1.55. The van der Waals surface area contributed by atoms with E-state index in [1.165, 1.54) is 0 Å². The van der Waals surface area contributed by atoms with E-state index >= 15 is 0 Å². The lowest BCUT2D eigenvalue weighted by Crippen LogP contribution is -2.39. The number of hydrogen-bond donors (Lipinski definition) is 2. The van der Waals surface area contributed by atoms with E-state index in [2.05, 4.69) is 20.6 Å². The lowest BCUT2D eigenvalue weighted by molar-refractivity contribution is 0.206. The van der Waals surface area contributed by atoms with Crippen LogP contribution in [0.25, 0.3) is 11.3 Å². The minimum Gasteiger partial charge on any atom is -0.320 e. The Kier molecular flexibility index (Phi) is 3.53. The van der Waals surface area contributed by atoms with E-state index in [0.29, 0.717) is 18.9 Å². The first-order valence-electron chi connectivity index (χ1n) is 7.88. The number of hydrogen-bond acceptors (Lipinski definition) is 3. The number of fused-ring (bicyclic) bond motifs is 1. The number of aromatic nitrogens is 4. The van der Waals surface area contributed by atoms with Gasteiger partial charge < -0.3 is 4.90 Å². The van der Waals surface area contributed by atoms with Crippen molar-refractivity contribution in [3.8, 4) is 11.3 Å². The molecule has 7 heteroatoms. The lowest BCUT2D eigenvalue weighted by atomic mass is 10.0. The molecule has 4 rings (SSSR count). The van der Waals surface area contributed by atoms with Gasteiger partial charge in [-0.2, -0.15) is 10.2 Å². The summed E-state index contributed by atoms with van der Waals surface area (Å²) >= 11 is 0. The van der Waals surface area contributed by atoms with Crippen LogP contribution in [0.2, 0.25) is 0 Å². The largest absolute Gasteiger partial charge is 0.323 e. The van der Waals surface area contributed by atoms with E-state index in [9.17, 15) is 4.79 Å². The zero-order chi connectivity index (χ0) is 16.5. The predicted octanol–water partition coefficient (Wildman–Crippen LogP) is 2.40. The van der Waals surface area contributed by atoms with Crippen LogP contribution in [0.3, 0.4) is 0 Å². The standard InChI is InChI=1S/C17H18N6O/c1-22-9-8-15(21-22)18-17(24)23-10-7-14-13(11-23)16(20-19-14)12-5-3-2-4-6-12/h2-6,8-9H,7,10-11H2,1H3,(H,19,20)(H,18,21,24). The van der Waals surface area contributed by atoms with Gasteiger partial charge in [-0.3, -0.25) is 15.1 Å². The number of nitrogens with zero attached hydrogens (tertiary/aromatic N) is 4. The Morgan fingerprint density at radius 3 is 2.83 bits per heavy atom. The van der Waals surface area contributed by atoms with Crippen LogP contribution in [0.5, 0.6) is 0 Å². The predicted molar refractivity (Wildman–Crippen MR) is 90.4 cm³/mol. The van der Waals surface area contributed by atoms with Gasteiger partial charge in [0.05, 0.1) is 12.2 Å². The average molecular weight is 322 g/mol. The van der Waals surface area contributed by atoms with Crippen LogP contribution in [0.1, 0.15) is 11.3 Å². The molecule has 1 aliphatic heterocycles. The highest BCUT2D eigenvalue weighted by atomic mass is 16.2. The van der Waals surface area contributed by atoms with Crippen LogP contribution < -0.4 is 5.32 Å². The lowest BCUT2D eigenvalue weighted by Gasteiger charge is -2.27. The molecule has 0 aliphatic carbocycles. The number of nitrogens with one attached hydrogen (secondary N) is 2. The van der Waals surface area contributed by atoms with Crippen molar-refractivity contribution >= 4 is 11.8 Å². The molecule has 1 aliphatic rings. The molecule has 122 valence electrons. The number of aromatic amines is 1. The molecule has 2 amide bonds. The third kappa shape index (κ3) is 2.64. The van der Waals surface area contributed by atoms with Crippen molar-refractivity contribution in [2.45, 2.75) is 13.0 Å². The molecule has 2 N–H and O–H groups in total. The van der Waals surface area contributed by atoms with E-state index in [4.69, 9.17) is 0 Å². The second-order valence-corrected chi connectivity index (χ2v) is 5.87. The number of urea groups is 1. The van der Waals surface area contributed by atoms with E-state index in [-0.39, 0.29) is 6.03 Å².